The molecule has 0 aliphatic carbocycles. The van der Waals surface area contributed by atoms with E-state index in [1.54, 1.807) is 31.2 Å². The van der Waals surface area contributed by atoms with E-state index in [4.69, 9.17) is 16.3 Å². The highest BCUT2D eigenvalue weighted by molar-refractivity contribution is 6.33. The first kappa shape index (κ1) is 20.3. The Morgan fingerprint density at radius 3 is 2.30 bits per heavy atom. The zero-order chi connectivity index (χ0) is 19.8. The van der Waals surface area contributed by atoms with Gasteiger partial charge in [-0.05, 0) is 49.4 Å². The van der Waals surface area contributed by atoms with Gasteiger partial charge in [0.05, 0.1) is 42.1 Å². The van der Waals surface area contributed by atoms with Gasteiger partial charge in [0.25, 0.3) is 0 Å². The van der Waals surface area contributed by atoms with E-state index in [2.05, 4.69) is 15.4 Å². The Bertz CT molecular complexity index is 836. The Morgan fingerprint density at radius 1 is 1.00 bits per heavy atom. The van der Waals surface area contributed by atoms with E-state index in [-0.39, 0.29) is 18.0 Å². The number of carbonyl (C=O) groups excluding carboxylic acids is 3. The number of esters is 2. The first-order chi connectivity index (χ1) is 12.9. The SMILES string of the molecule is CCOC(=O)c1ccc(NCC(=O)Nc2cc(C(=O)OC)ccc2Cl)cc1. The first-order valence-electron chi connectivity index (χ1n) is 8.13. The Kier molecular flexibility index (Phi) is 7.19. The highest BCUT2D eigenvalue weighted by atomic mass is 35.5. The van der Waals surface area contributed by atoms with Gasteiger partial charge < -0.3 is 20.1 Å². The van der Waals surface area contributed by atoms with E-state index in [1.807, 2.05) is 0 Å². The molecule has 0 unspecified atom stereocenters. The summed E-state index contributed by atoms with van der Waals surface area (Å²) in [6.45, 7) is 2.01. The molecule has 0 fully saturated rings. The van der Waals surface area contributed by atoms with Crippen molar-refractivity contribution in [1.29, 1.82) is 0 Å². The minimum Gasteiger partial charge on any atom is -0.465 e. The van der Waals surface area contributed by atoms with Crippen molar-refractivity contribution in [3.8, 4) is 0 Å². The number of anilines is 2. The Balaban J connectivity index is 1.95. The van der Waals surface area contributed by atoms with Gasteiger partial charge in [0.15, 0.2) is 0 Å². The van der Waals surface area contributed by atoms with Crippen molar-refractivity contribution < 1.29 is 23.9 Å². The highest BCUT2D eigenvalue weighted by Gasteiger charge is 2.11. The van der Waals surface area contributed by atoms with Gasteiger partial charge in [-0.15, -0.1) is 0 Å². The zero-order valence-electron chi connectivity index (χ0n) is 14.9. The van der Waals surface area contributed by atoms with Crippen LogP contribution < -0.4 is 10.6 Å². The average Bonchev–Trinajstić information content (AvgIpc) is 2.68. The second kappa shape index (κ2) is 9.59. The third-order valence-corrected chi connectivity index (χ3v) is 3.84. The summed E-state index contributed by atoms with van der Waals surface area (Å²) in [5.74, 6) is -1.28. The minimum absolute atomic E-state index is 0.0302. The summed E-state index contributed by atoms with van der Waals surface area (Å²) in [5, 5.41) is 5.86. The molecule has 8 heteroatoms. The molecule has 2 N–H and O–H groups in total. The Morgan fingerprint density at radius 2 is 1.67 bits per heavy atom. The summed E-state index contributed by atoms with van der Waals surface area (Å²) in [4.78, 5) is 35.3. The number of hydrogen-bond acceptors (Lipinski definition) is 6. The number of amides is 1. The van der Waals surface area contributed by atoms with Gasteiger partial charge in [0.2, 0.25) is 5.91 Å². The van der Waals surface area contributed by atoms with Crippen LogP contribution in [0.4, 0.5) is 11.4 Å². The number of benzene rings is 2. The summed E-state index contributed by atoms with van der Waals surface area (Å²) < 4.78 is 9.55. The third-order valence-electron chi connectivity index (χ3n) is 3.51. The maximum Gasteiger partial charge on any atom is 0.338 e. The van der Waals surface area contributed by atoms with Gasteiger partial charge in [-0.25, -0.2) is 9.59 Å². The molecule has 0 saturated carbocycles. The Labute approximate surface area is 161 Å². The third kappa shape index (κ3) is 5.72. The molecular formula is C19H19ClN2O5. The predicted molar refractivity (Wildman–Crippen MR) is 102 cm³/mol. The van der Waals surface area contributed by atoms with Crippen LogP contribution in [0, 0.1) is 0 Å². The lowest BCUT2D eigenvalue weighted by Crippen LogP contribution is -2.22. The maximum atomic E-state index is 12.1. The summed E-state index contributed by atoms with van der Waals surface area (Å²) >= 11 is 6.05. The van der Waals surface area contributed by atoms with Crippen molar-refractivity contribution in [2.75, 3.05) is 30.9 Å². The summed E-state index contributed by atoms with van der Waals surface area (Å²) in [6, 6.07) is 11.0. The molecule has 0 saturated heterocycles. The van der Waals surface area contributed by atoms with Crippen LogP contribution in [0.25, 0.3) is 0 Å². The summed E-state index contributed by atoms with van der Waals surface area (Å²) in [5.41, 5.74) is 1.68. The quantitative estimate of drug-likeness (QED) is 0.704. The number of ether oxygens (including phenoxy) is 2. The molecule has 27 heavy (non-hydrogen) atoms. The lowest BCUT2D eigenvalue weighted by atomic mass is 10.2. The van der Waals surface area contributed by atoms with Crippen molar-refractivity contribution >= 4 is 40.8 Å². The monoisotopic (exact) mass is 390 g/mol. The number of methoxy groups -OCH3 is 1. The first-order valence-corrected chi connectivity index (χ1v) is 8.51. The molecule has 0 atom stereocenters. The molecule has 7 nitrogen and oxygen atoms in total. The van der Waals surface area contributed by atoms with Gasteiger partial charge in [0, 0.05) is 5.69 Å². The molecule has 2 aromatic carbocycles. The average molecular weight is 391 g/mol. The molecule has 1 amide bonds. The van der Waals surface area contributed by atoms with Gasteiger partial charge in [0.1, 0.15) is 0 Å². The lowest BCUT2D eigenvalue weighted by Gasteiger charge is -2.10. The van der Waals surface area contributed by atoms with Crippen LogP contribution in [0.2, 0.25) is 5.02 Å². The fourth-order valence-corrected chi connectivity index (χ4v) is 2.35. The van der Waals surface area contributed by atoms with Crippen molar-refractivity contribution in [3.63, 3.8) is 0 Å². The molecule has 0 heterocycles. The van der Waals surface area contributed by atoms with Crippen molar-refractivity contribution in [1.82, 2.24) is 0 Å². The van der Waals surface area contributed by atoms with Gasteiger partial charge in [-0.2, -0.15) is 0 Å². The molecule has 0 spiro atoms. The largest absolute Gasteiger partial charge is 0.465 e. The molecule has 0 aromatic heterocycles. The molecule has 142 valence electrons. The van der Waals surface area contributed by atoms with Crippen LogP contribution >= 0.6 is 11.6 Å². The second-order valence-electron chi connectivity index (χ2n) is 5.39. The van der Waals surface area contributed by atoms with Gasteiger partial charge in [-0.1, -0.05) is 11.6 Å². The molecule has 2 aromatic rings. The van der Waals surface area contributed by atoms with Crippen LogP contribution in [0.3, 0.4) is 0 Å². The van der Waals surface area contributed by atoms with Crippen molar-refractivity contribution in [2.45, 2.75) is 6.92 Å². The predicted octanol–water partition coefficient (Wildman–Crippen LogP) is 3.35. The maximum absolute atomic E-state index is 12.1. The fraction of sp³-hybridized carbons (Fsp3) is 0.211. The molecule has 0 bridgehead atoms. The summed E-state index contributed by atoms with van der Waals surface area (Å²) in [7, 11) is 1.27. The molecule has 0 aliphatic rings. The molecule has 2 rings (SSSR count). The zero-order valence-corrected chi connectivity index (χ0v) is 15.6. The van der Waals surface area contributed by atoms with Gasteiger partial charge >= 0.3 is 11.9 Å². The number of hydrogen-bond donors (Lipinski definition) is 2. The lowest BCUT2D eigenvalue weighted by molar-refractivity contribution is -0.114. The molecule has 0 aliphatic heterocycles. The smallest absolute Gasteiger partial charge is 0.338 e. The van der Waals surface area contributed by atoms with Crippen LogP contribution in [0.5, 0.6) is 0 Å². The van der Waals surface area contributed by atoms with Gasteiger partial charge in [-0.3, -0.25) is 4.79 Å². The van der Waals surface area contributed by atoms with Crippen LogP contribution in [-0.2, 0) is 14.3 Å². The van der Waals surface area contributed by atoms with Crippen LogP contribution in [0.1, 0.15) is 27.6 Å². The number of carbonyl (C=O) groups is 3. The van der Waals surface area contributed by atoms with E-state index in [9.17, 15) is 14.4 Å². The van der Waals surface area contributed by atoms with Crippen molar-refractivity contribution in [2.24, 2.45) is 0 Å². The second-order valence-corrected chi connectivity index (χ2v) is 5.79. The summed E-state index contributed by atoms with van der Waals surface area (Å²) in [6.07, 6.45) is 0. The van der Waals surface area contributed by atoms with Crippen LogP contribution in [-0.4, -0.2) is 38.1 Å². The minimum atomic E-state index is -0.526. The van der Waals surface area contributed by atoms with E-state index in [1.165, 1.54) is 25.3 Å². The number of rotatable bonds is 7. The van der Waals surface area contributed by atoms with E-state index in [0.717, 1.165) is 0 Å². The van der Waals surface area contributed by atoms with E-state index >= 15 is 0 Å². The van der Waals surface area contributed by atoms with Crippen molar-refractivity contribution in [3.05, 3.63) is 58.6 Å². The topological polar surface area (TPSA) is 93.7 Å². The number of halogens is 1. The Hall–Kier alpha value is -3.06. The molecule has 0 radical (unpaired) electrons. The van der Waals surface area contributed by atoms with Crippen LogP contribution in [0.15, 0.2) is 42.5 Å². The highest BCUT2D eigenvalue weighted by Crippen LogP contribution is 2.23. The molecular weight excluding hydrogens is 372 g/mol. The fourth-order valence-electron chi connectivity index (χ4n) is 2.18. The van der Waals surface area contributed by atoms with E-state index < -0.39 is 11.9 Å². The number of nitrogens with one attached hydrogen (secondary N) is 2. The standard InChI is InChI=1S/C19H19ClN2O5/c1-3-27-19(25)12-4-7-14(8-5-12)21-11-17(23)22-16-10-13(18(24)26-2)6-9-15(16)20/h4-10,21H,3,11H2,1-2H3,(H,22,23). The normalized spacial score (nSPS) is 10.0. The van der Waals surface area contributed by atoms with E-state index in [0.29, 0.717) is 28.6 Å².